The van der Waals surface area contributed by atoms with Crippen molar-refractivity contribution in [1.82, 2.24) is 24.9 Å². The number of nitrogens with zero attached hydrogens (tertiary/aromatic N) is 5. The number of likely N-dealkylation sites (tertiary alicyclic amines) is 1. The van der Waals surface area contributed by atoms with Crippen molar-refractivity contribution in [2.24, 2.45) is 17.5 Å². The van der Waals surface area contributed by atoms with Gasteiger partial charge in [0.05, 0.1) is 12.2 Å². The van der Waals surface area contributed by atoms with E-state index < -0.39 is 0 Å². The van der Waals surface area contributed by atoms with Crippen LogP contribution in [0.15, 0.2) is 17.4 Å². The monoisotopic (exact) mass is 320 g/mol. The fraction of sp³-hybridized carbons (Fsp3) is 0.765. The second-order valence-electron chi connectivity index (χ2n) is 7.88. The van der Waals surface area contributed by atoms with Crippen molar-refractivity contribution < 1.29 is 0 Å². The molecule has 1 atom stereocenters. The molecule has 2 heterocycles. The van der Waals surface area contributed by atoms with Crippen LogP contribution in [0.4, 0.5) is 0 Å². The Labute approximate surface area is 140 Å². The molecule has 1 aromatic heterocycles. The topological polar surface area (TPSA) is 48.7 Å². The summed E-state index contributed by atoms with van der Waals surface area (Å²) < 4.78 is 1.85. The van der Waals surface area contributed by atoms with Gasteiger partial charge in [0.15, 0.2) is 5.96 Å². The van der Waals surface area contributed by atoms with Crippen molar-refractivity contribution in [1.29, 1.82) is 0 Å². The third-order valence-corrected chi connectivity index (χ3v) is 5.54. The highest BCUT2D eigenvalue weighted by Gasteiger charge is 2.53. The van der Waals surface area contributed by atoms with Crippen LogP contribution in [-0.2, 0) is 7.05 Å². The predicted molar refractivity (Wildman–Crippen MR) is 95.6 cm³/mol. The quantitative estimate of drug-likeness (QED) is 0.678. The lowest BCUT2D eigenvalue weighted by Crippen LogP contribution is -2.72. The molecule has 0 aliphatic carbocycles. The van der Waals surface area contributed by atoms with E-state index in [1.807, 2.05) is 25.0 Å². The first-order valence-electron chi connectivity index (χ1n) is 8.23. The lowest BCUT2D eigenvalue weighted by Gasteiger charge is -2.62. The van der Waals surface area contributed by atoms with Crippen LogP contribution < -0.4 is 5.32 Å². The maximum atomic E-state index is 4.49. The smallest absolute Gasteiger partial charge is 0.194 e. The highest BCUT2D eigenvalue weighted by atomic mass is 15.4. The van der Waals surface area contributed by atoms with Crippen LogP contribution in [0.2, 0.25) is 0 Å². The van der Waals surface area contributed by atoms with Crippen LogP contribution in [0.1, 0.15) is 39.3 Å². The summed E-state index contributed by atoms with van der Waals surface area (Å²) in [6.07, 6.45) is 4.01. The van der Waals surface area contributed by atoms with Gasteiger partial charge in [0.1, 0.15) is 0 Å². The SMILES string of the molecule is CN=C(NCC(c1cnn(C)c1)N(C)C)N1CC(C)(C)C1(C)C. The van der Waals surface area contributed by atoms with Crippen molar-refractivity contribution >= 4 is 5.96 Å². The van der Waals surface area contributed by atoms with E-state index in [1.165, 1.54) is 5.56 Å². The number of aromatic nitrogens is 2. The number of hydrogen-bond donors (Lipinski definition) is 1. The maximum Gasteiger partial charge on any atom is 0.194 e. The van der Waals surface area contributed by atoms with Gasteiger partial charge in [0.25, 0.3) is 0 Å². The highest BCUT2D eigenvalue weighted by Crippen LogP contribution is 2.46. The Morgan fingerprint density at radius 1 is 1.39 bits per heavy atom. The molecule has 1 N–H and O–H groups in total. The molecule has 130 valence electrons. The van der Waals surface area contributed by atoms with E-state index in [2.05, 4.69) is 73.2 Å². The zero-order valence-corrected chi connectivity index (χ0v) is 15.9. The summed E-state index contributed by atoms with van der Waals surface area (Å²) in [5.41, 5.74) is 1.62. The van der Waals surface area contributed by atoms with Gasteiger partial charge in [-0.25, -0.2) is 0 Å². The molecule has 0 aromatic carbocycles. The first-order valence-corrected chi connectivity index (χ1v) is 8.23. The molecule has 1 aliphatic rings. The average molecular weight is 320 g/mol. The Kier molecular flexibility index (Phi) is 4.76. The standard InChI is InChI=1S/C17H32N6/c1-16(2)12-23(17(16,3)4)15(18-5)19-10-14(21(6)7)13-9-20-22(8)11-13/h9,11,14H,10,12H2,1-8H3,(H,18,19). The molecule has 1 unspecified atom stereocenters. The normalized spacial score (nSPS) is 21.3. The predicted octanol–water partition coefficient (Wildman–Crippen LogP) is 1.72. The number of rotatable bonds is 4. The summed E-state index contributed by atoms with van der Waals surface area (Å²) in [6, 6.07) is 0.262. The number of aryl methyl sites for hydroxylation is 1. The maximum absolute atomic E-state index is 4.49. The third kappa shape index (κ3) is 3.22. The Morgan fingerprint density at radius 2 is 2.04 bits per heavy atom. The fourth-order valence-electron chi connectivity index (χ4n) is 3.09. The second kappa shape index (κ2) is 6.15. The molecule has 0 spiro atoms. The van der Waals surface area contributed by atoms with E-state index in [1.54, 1.807) is 0 Å². The molecular formula is C17H32N6. The van der Waals surface area contributed by atoms with Crippen LogP contribution in [-0.4, -0.2) is 65.3 Å². The van der Waals surface area contributed by atoms with Gasteiger partial charge < -0.3 is 15.1 Å². The van der Waals surface area contributed by atoms with Crippen molar-refractivity contribution in [3.8, 4) is 0 Å². The van der Waals surface area contributed by atoms with Gasteiger partial charge in [-0.05, 0) is 27.9 Å². The van der Waals surface area contributed by atoms with Gasteiger partial charge >= 0.3 is 0 Å². The lowest BCUT2D eigenvalue weighted by molar-refractivity contribution is -0.0668. The minimum absolute atomic E-state index is 0.108. The van der Waals surface area contributed by atoms with Gasteiger partial charge in [0, 0.05) is 49.9 Å². The first-order chi connectivity index (χ1) is 10.6. The molecule has 0 bridgehead atoms. The molecule has 2 rings (SSSR count). The summed E-state index contributed by atoms with van der Waals surface area (Å²) in [7, 11) is 8.00. The van der Waals surface area contributed by atoms with E-state index in [0.29, 0.717) is 5.41 Å². The van der Waals surface area contributed by atoms with Crippen LogP contribution in [0.3, 0.4) is 0 Å². The highest BCUT2D eigenvalue weighted by molar-refractivity contribution is 5.82. The zero-order chi connectivity index (χ0) is 17.4. The Hall–Kier alpha value is -1.56. The summed E-state index contributed by atoms with van der Waals surface area (Å²) in [6.45, 7) is 11.0. The summed E-state index contributed by atoms with van der Waals surface area (Å²) >= 11 is 0. The van der Waals surface area contributed by atoms with Crippen molar-refractivity contribution in [3.05, 3.63) is 18.0 Å². The summed E-state index contributed by atoms with van der Waals surface area (Å²) in [5, 5.41) is 7.84. The number of aliphatic imine (C=N–C) groups is 1. The minimum Gasteiger partial charge on any atom is -0.354 e. The molecule has 1 fully saturated rings. The van der Waals surface area contributed by atoms with Gasteiger partial charge in [-0.3, -0.25) is 9.67 Å². The molecule has 0 amide bonds. The van der Waals surface area contributed by atoms with Crippen LogP contribution in [0.25, 0.3) is 0 Å². The Bertz CT molecular complexity index is 569. The zero-order valence-electron chi connectivity index (χ0n) is 15.9. The molecule has 6 heteroatoms. The van der Waals surface area contributed by atoms with E-state index in [0.717, 1.165) is 19.0 Å². The molecule has 0 saturated carbocycles. The van der Waals surface area contributed by atoms with E-state index >= 15 is 0 Å². The summed E-state index contributed by atoms with van der Waals surface area (Å²) in [4.78, 5) is 9.07. The van der Waals surface area contributed by atoms with Crippen molar-refractivity contribution in [3.63, 3.8) is 0 Å². The van der Waals surface area contributed by atoms with E-state index in [9.17, 15) is 0 Å². The third-order valence-electron chi connectivity index (χ3n) is 5.54. The molecule has 1 saturated heterocycles. The average Bonchev–Trinajstić information content (AvgIpc) is 2.87. The minimum atomic E-state index is 0.108. The number of hydrogen-bond acceptors (Lipinski definition) is 3. The van der Waals surface area contributed by atoms with E-state index in [4.69, 9.17) is 0 Å². The molecule has 0 radical (unpaired) electrons. The molecule has 1 aromatic rings. The second-order valence-corrected chi connectivity index (χ2v) is 7.88. The summed E-state index contributed by atoms with van der Waals surface area (Å²) in [5.74, 6) is 0.977. The lowest BCUT2D eigenvalue weighted by atomic mass is 9.65. The molecule has 6 nitrogen and oxygen atoms in total. The van der Waals surface area contributed by atoms with Gasteiger partial charge in [0.2, 0.25) is 0 Å². The van der Waals surface area contributed by atoms with Crippen LogP contribution >= 0.6 is 0 Å². The van der Waals surface area contributed by atoms with E-state index in [-0.39, 0.29) is 11.6 Å². The number of guanidine groups is 1. The van der Waals surface area contributed by atoms with Gasteiger partial charge in [-0.1, -0.05) is 13.8 Å². The molecular weight excluding hydrogens is 288 g/mol. The fourth-order valence-corrected chi connectivity index (χ4v) is 3.09. The van der Waals surface area contributed by atoms with Gasteiger partial charge in [-0.15, -0.1) is 0 Å². The van der Waals surface area contributed by atoms with Crippen molar-refractivity contribution in [2.75, 3.05) is 34.2 Å². The Balaban J connectivity index is 2.05. The first kappa shape index (κ1) is 17.8. The van der Waals surface area contributed by atoms with Crippen LogP contribution in [0, 0.1) is 5.41 Å². The number of nitrogens with one attached hydrogen (secondary N) is 1. The largest absolute Gasteiger partial charge is 0.354 e. The Morgan fingerprint density at radius 3 is 2.43 bits per heavy atom. The van der Waals surface area contributed by atoms with Gasteiger partial charge in [-0.2, -0.15) is 5.10 Å². The van der Waals surface area contributed by atoms with Crippen molar-refractivity contribution in [2.45, 2.75) is 39.3 Å². The molecule has 1 aliphatic heterocycles. The van der Waals surface area contributed by atoms with Crippen LogP contribution in [0.5, 0.6) is 0 Å². The number of likely N-dealkylation sites (N-methyl/N-ethyl adjacent to an activating group) is 1. The molecule has 23 heavy (non-hydrogen) atoms.